The lowest BCUT2D eigenvalue weighted by atomic mass is 10.2. The maximum atomic E-state index is 12.2. The highest BCUT2D eigenvalue weighted by Gasteiger charge is 2.37. The van der Waals surface area contributed by atoms with Crippen molar-refractivity contribution < 1.29 is 9.53 Å². The van der Waals surface area contributed by atoms with Gasteiger partial charge in [0, 0.05) is 6.54 Å². The first-order valence-electron chi connectivity index (χ1n) is 6.29. The van der Waals surface area contributed by atoms with Crippen LogP contribution < -0.4 is 10.1 Å². The zero-order chi connectivity index (χ0) is 13.6. The molecule has 0 saturated carbocycles. The third kappa shape index (κ3) is 2.62. The number of anilines is 1. The Morgan fingerprint density at radius 3 is 2.72 bits per heavy atom. The second kappa shape index (κ2) is 4.38. The first-order chi connectivity index (χ1) is 8.21. The van der Waals surface area contributed by atoms with Gasteiger partial charge in [-0.15, -0.1) is 11.3 Å². The van der Waals surface area contributed by atoms with E-state index in [0.29, 0.717) is 0 Å². The minimum atomic E-state index is -1.34. The molecule has 0 unspecified atom stereocenters. The number of amides is 1. The maximum absolute atomic E-state index is 12.2. The van der Waals surface area contributed by atoms with Crippen molar-refractivity contribution in [3.63, 3.8) is 0 Å². The molecule has 0 saturated heterocycles. The zero-order valence-corrected chi connectivity index (χ0v) is 13.6. The maximum Gasteiger partial charge on any atom is 0.415 e. The molecule has 0 fully saturated rings. The molecule has 2 heterocycles. The van der Waals surface area contributed by atoms with Crippen LogP contribution in [0.3, 0.4) is 0 Å². The molecule has 0 atom stereocenters. The summed E-state index contributed by atoms with van der Waals surface area (Å²) in [5.41, 5.74) is -0.432. The predicted octanol–water partition coefficient (Wildman–Crippen LogP) is 3.42. The van der Waals surface area contributed by atoms with Crippen molar-refractivity contribution in [2.75, 3.05) is 11.4 Å². The van der Waals surface area contributed by atoms with Crippen LogP contribution in [-0.2, 0) is 4.74 Å². The number of rotatable bonds is 0. The van der Waals surface area contributed by atoms with Crippen LogP contribution >= 0.6 is 11.3 Å². The van der Waals surface area contributed by atoms with E-state index >= 15 is 0 Å². The SMILES string of the molecule is CC(C)(C)OC(=O)N1CC[Si](C)(C)c2ccsc21. The van der Waals surface area contributed by atoms with Crippen LogP contribution in [0.2, 0.25) is 19.1 Å². The Kier molecular flexibility index (Phi) is 3.31. The van der Waals surface area contributed by atoms with Crippen LogP contribution in [0.1, 0.15) is 20.8 Å². The fourth-order valence-corrected chi connectivity index (χ4v) is 6.39. The van der Waals surface area contributed by atoms with Crippen LogP contribution in [0.15, 0.2) is 11.4 Å². The molecule has 1 amide bonds. The van der Waals surface area contributed by atoms with Crippen LogP contribution in [0.4, 0.5) is 9.80 Å². The normalized spacial score (nSPS) is 18.4. The molecule has 18 heavy (non-hydrogen) atoms. The van der Waals surface area contributed by atoms with Crippen molar-refractivity contribution in [2.45, 2.75) is 45.5 Å². The van der Waals surface area contributed by atoms with Gasteiger partial charge in [-0.05, 0) is 37.4 Å². The third-order valence-electron chi connectivity index (χ3n) is 3.19. The first kappa shape index (κ1) is 13.6. The van der Waals surface area contributed by atoms with E-state index in [2.05, 4.69) is 24.5 Å². The van der Waals surface area contributed by atoms with Crippen molar-refractivity contribution >= 4 is 35.7 Å². The van der Waals surface area contributed by atoms with E-state index in [1.54, 1.807) is 11.3 Å². The standard InChI is InChI=1S/C13H21NO2SSi/c1-13(2,3)16-12(15)14-7-9-18(4,5)10-6-8-17-11(10)14/h6,8H,7,9H2,1-5H3. The molecule has 2 rings (SSSR count). The highest BCUT2D eigenvalue weighted by Crippen LogP contribution is 2.31. The van der Waals surface area contributed by atoms with Gasteiger partial charge in [-0.25, -0.2) is 4.79 Å². The summed E-state index contributed by atoms with van der Waals surface area (Å²) < 4.78 is 5.48. The zero-order valence-electron chi connectivity index (χ0n) is 11.7. The summed E-state index contributed by atoms with van der Waals surface area (Å²) in [5.74, 6) is 0. The highest BCUT2D eigenvalue weighted by atomic mass is 32.1. The van der Waals surface area contributed by atoms with E-state index in [-0.39, 0.29) is 6.09 Å². The van der Waals surface area contributed by atoms with E-state index in [0.717, 1.165) is 17.6 Å². The summed E-state index contributed by atoms with van der Waals surface area (Å²) in [5, 5.41) is 4.58. The number of fused-ring (bicyclic) bond motifs is 1. The summed E-state index contributed by atoms with van der Waals surface area (Å²) in [7, 11) is -1.34. The van der Waals surface area contributed by atoms with Crippen molar-refractivity contribution in [3.05, 3.63) is 11.4 Å². The molecule has 5 heteroatoms. The largest absolute Gasteiger partial charge is 0.443 e. The Morgan fingerprint density at radius 2 is 2.11 bits per heavy atom. The summed E-state index contributed by atoms with van der Waals surface area (Å²) in [6.45, 7) is 11.2. The summed E-state index contributed by atoms with van der Waals surface area (Å²) >= 11 is 1.65. The molecule has 0 spiro atoms. The topological polar surface area (TPSA) is 29.5 Å². The summed E-state index contributed by atoms with van der Waals surface area (Å²) in [4.78, 5) is 14.0. The average molecular weight is 283 g/mol. The average Bonchev–Trinajstić information content (AvgIpc) is 2.64. The smallest absolute Gasteiger partial charge is 0.415 e. The molecule has 1 aromatic heterocycles. The number of thiophene rings is 1. The van der Waals surface area contributed by atoms with E-state index in [4.69, 9.17) is 4.74 Å². The second-order valence-electron chi connectivity index (χ2n) is 6.41. The molecule has 0 aromatic carbocycles. The van der Waals surface area contributed by atoms with Gasteiger partial charge < -0.3 is 4.74 Å². The lowest BCUT2D eigenvalue weighted by molar-refractivity contribution is 0.0583. The van der Waals surface area contributed by atoms with E-state index in [1.807, 2.05) is 25.7 Å². The van der Waals surface area contributed by atoms with Crippen LogP contribution in [0.25, 0.3) is 0 Å². The third-order valence-corrected chi connectivity index (χ3v) is 7.65. The molecule has 1 aromatic rings. The van der Waals surface area contributed by atoms with Gasteiger partial charge in [0.05, 0.1) is 13.1 Å². The van der Waals surface area contributed by atoms with Gasteiger partial charge in [0.1, 0.15) is 5.60 Å². The fourth-order valence-electron chi connectivity index (χ4n) is 2.14. The first-order valence-corrected chi connectivity index (χ1v) is 10.4. The predicted molar refractivity (Wildman–Crippen MR) is 79.8 cm³/mol. The Hall–Kier alpha value is -0.813. The molecule has 3 nitrogen and oxygen atoms in total. The monoisotopic (exact) mass is 283 g/mol. The Balaban J connectivity index is 2.26. The van der Waals surface area contributed by atoms with Crippen molar-refractivity contribution in [1.82, 2.24) is 0 Å². The number of nitrogens with zero attached hydrogens (tertiary/aromatic N) is 1. The minimum Gasteiger partial charge on any atom is -0.443 e. The Labute approximate surface area is 114 Å². The molecule has 100 valence electrons. The van der Waals surface area contributed by atoms with Gasteiger partial charge in [0.15, 0.2) is 0 Å². The lowest BCUT2D eigenvalue weighted by Crippen LogP contribution is -2.53. The number of carbonyl (C=O) groups excluding carboxylic acids is 1. The number of hydrogen-bond acceptors (Lipinski definition) is 3. The second-order valence-corrected chi connectivity index (χ2v) is 12.1. The molecule has 1 aliphatic heterocycles. The van der Waals surface area contributed by atoms with Crippen LogP contribution in [0, 0.1) is 0 Å². The number of hydrogen-bond donors (Lipinski definition) is 0. The van der Waals surface area contributed by atoms with Crippen molar-refractivity contribution in [1.29, 1.82) is 0 Å². The molecule has 0 N–H and O–H groups in total. The van der Waals surface area contributed by atoms with E-state index < -0.39 is 13.7 Å². The molecular formula is C13H21NO2SSi. The van der Waals surface area contributed by atoms with E-state index in [9.17, 15) is 4.79 Å². The van der Waals surface area contributed by atoms with Gasteiger partial charge in [-0.1, -0.05) is 19.2 Å². The fraction of sp³-hybridized carbons (Fsp3) is 0.615. The van der Waals surface area contributed by atoms with Gasteiger partial charge in [-0.2, -0.15) is 0 Å². The molecule has 0 aliphatic carbocycles. The number of ether oxygens (including phenoxy) is 1. The van der Waals surface area contributed by atoms with Crippen LogP contribution in [0.5, 0.6) is 0 Å². The van der Waals surface area contributed by atoms with Gasteiger partial charge in [0.25, 0.3) is 0 Å². The molecular weight excluding hydrogens is 262 g/mol. The molecule has 0 radical (unpaired) electrons. The van der Waals surface area contributed by atoms with Crippen LogP contribution in [-0.4, -0.2) is 26.3 Å². The van der Waals surface area contributed by atoms with Gasteiger partial charge >= 0.3 is 6.09 Å². The quantitative estimate of drug-likeness (QED) is 0.683. The van der Waals surface area contributed by atoms with Crippen molar-refractivity contribution in [2.24, 2.45) is 0 Å². The van der Waals surface area contributed by atoms with E-state index in [1.165, 1.54) is 5.19 Å². The lowest BCUT2D eigenvalue weighted by Gasteiger charge is -2.36. The Bertz CT molecular complexity index is 462. The Morgan fingerprint density at radius 1 is 1.44 bits per heavy atom. The summed E-state index contributed by atoms with van der Waals surface area (Å²) in [6.07, 6.45) is -0.212. The number of carbonyl (C=O) groups is 1. The van der Waals surface area contributed by atoms with Gasteiger partial charge in [0.2, 0.25) is 0 Å². The minimum absolute atomic E-state index is 0.212. The molecule has 0 bridgehead atoms. The van der Waals surface area contributed by atoms with Crippen molar-refractivity contribution in [3.8, 4) is 0 Å². The molecule has 1 aliphatic rings. The van der Waals surface area contributed by atoms with Gasteiger partial charge in [-0.3, -0.25) is 4.90 Å². The summed E-state index contributed by atoms with van der Waals surface area (Å²) in [6, 6.07) is 3.29. The highest BCUT2D eigenvalue weighted by molar-refractivity contribution is 7.17.